The van der Waals surface area contributed by atoms with E-state index in [0.29, 0.717) is 0 Å². The molecule has 0 radical (unpaired) electrons. The van der Waals surface area contributed by atoms with Crippen LogP contribution < -0.4 is 0 Å². The van der Waals surface area contributed by atoms with Gasteiger partial charge in [0, 0.05) is 0 Å². The van der Waals surface area contributed by atoms with Crippen molar-refractivity contribution < 1.29 is 14.9 Å². The topological polar surface area (TPSA) is 49.7 Å². The van der Waals surface area contributed by atoms with E-state index in [0.717, 1.165) is 6.61 Å². The van der Waals surface area contributed by atoms with Crippen molar-refractivity contribution >= 4 is 0 Å². The highest BCUT2D eigenvalue weighted by Gasteiger charge is 1.84. The lowest BCUT2D eigenvalue weighted by molar-refractivity contribution is 0.286. The zero-order valence-electron chi connectivity index (χ0n) is 7.63. The van der Waals surface area contributed by atoms with E-state index in [1.807, 2.05) is 18.2 Å². The molecule has 3 heteroatoms. The minimum Gasteiger partial charge on any atom is -0.508 e. The average Bonchev–Trinajstić information content (AvgIpc) is 2.26. The fourth-order valence-corrected chi connectivity index (χ4v) is 0.799. The van der Waals surface area contributed by atoms with Crippen molar-refractivity contribution in [2.75, 3.05) is 6.61 Å². The van der Waals surface area contributed by atoms with Gasteiger partial charge in [0.05, 0.1) is 6.26 Å². The van der Waals surface area contributed by atoms with Crippen LogP contribution in [-0.2, 0) is 4.74 Å². The first-order valence-electron chi connectivity index (χ1n) is 4.20. The van der Waals surface area contributed by atoms with Crippen molar-refractivity contribution in [2.24, 2.45) is 0 Å². The third-order valence-electron chi connectivity index (χ3n) is 1.46. The standard InChI is InChI=1S/C6H6O2.C5H6O/c7-5-1-2-6(8)4-3-5;1-2-4-6-5-3-1/h1-4,7-8H;1-4H,5H2. The van der Waals surface area contributed by atoms with Crippen molar-refractivity contribution in [3.05, 3.63) is 48.8 Å². The molecule has 0 atom stereocenters. The number of ether oxygens (including phenoxy) is 1. The van der Waals surface area contributed by atoms with Crippen LogP contribution in [0, 0.1) is 0 Å². The molecule has 0 spiro atoms. The van der Waals surface area contributed by atoms with E-state index in [1.54, 1.807) is 6.26 Å². The monoisotopic (exact) mass is 192 g/mol. The summed E-state index contributed by atoms with van der Waals surface area (Å²) >= 11 is 0. The summed E-state index contributed by atoms with van der Waals surface area (Å²) in [5.41, 5.74) is 0. The zero-order valence-corrected chi connectivity index (χ0v) is 7.63. The predicted molar refractivity (Wildman–Crippen MR) is 54.0 cm³/mol. The fourth-order valence-electron chi connectivity index (χ4n) is 0.799. The van der Waals surface area contributed by atoms with Crippen LogP contribution in [0.5, 0.6) is 11.5 Å². The van der Waals surface area contributed by atoms with Crippen LogP contribution in [-0.4, -0.2) is 16.8 Å². The molecular formula is C11H12O3. The molecule has 2 rings (SSSR count). The van der Waals surface area contributed by atoms with Crippen molar-refractivity contribution in [1.82, 2.24) is 0 Å². The normalized spacial score (nSPS) is 12.6. The maximum Gasteiger partial charge on any atom is 0.115 e. The minimum atomic E-state index is 0.169. The highest BCUT2D eigenvalue weighted by Crippen LogP contribution is 2.13. The summed E-state index contributed by atoms with van der Waals surface area (Å²) in [6, 6.07) is 5.70. The van der Waals surface area contributed by atoms with E-state index in [1.165, 1.54) is 24.3 Å². The van der Waals surface area contributed by atoms with Crippen LogP contribution in [0.1, 0.15) is 0 Å². The van der Waals surface area contributed by atoms with E-state index in [-0.39, 0.29) is 11.5 Å². The van der Waals surface area contributed by atoms with Crippen molar-refractivity contribution in [2.45, 2.75) is 0 Å². The summed E-state index contributed by atoms with van der Waals surface area (Å²) < 4.78 is 4.80. The van der Waals surface area contributed by atoms with E-state index in [2.05, 4.69) is 0 Å². The Morgan fingerprint density at radius 3 is 1.71 bits per heavy atom. The first-order valence-corrected chi connectivity index (χ1v) is 4.20. The van der Waals surface area contributed by atoms with Gasteiger partial charge in [-0.3, -0.25) is 0 Å². The van der Waals surface area contributed by atoms with Crippen LogP contribution in [0.3, 0.4) is 0 Å². The molecule has 0 saturated carbocycles. The molecule has 0 aliphatic carbocycles. The quantitative estimate of drug-likeness (QED) is 0.619. The molecule has 74 valence electrons. The van der Waals surface area contributed by atoms with Gasteiger partial charge < -0.3 is 14.9 Å². The lowest BCUT2D eigenvalue weighted by Crippen LogP contribution is -1.82. The molecule has 1 aromatic rings. The summed E-state index contributed by atoms with van der Waals surface area (Å²) in [6.07, 6.45) is 7.47. The molecule has 0 fully saturated rings. The Morgan fingerprint density at radius 2 is 1.50 bits per heavy atom. The molecule has 1 aromatic carbocycles. The smallest absolute Gasteiger partial charge is 0.115 e. The van der Waals surface area contributed by atoms with Gasteiger partial charge in [0.25, 0.3) is 0 Å². The van der Waals surface area contributed by atoms with Crippen LogP contribution in [0.25, 0.3) is 0 Å². The maximum atomic E-state index is 8.65. The van der Waals surface area contributed by atoms with Gasteiger partial charge in [0.1, 0.15) is 18.1 Å². The van der Waals surface area contributed by atoms with Crippen LogP contribution in [0.2, 0.25) is 0 Å². The van der Waals surface area contributed by atoms with Gasteiger partial charge in [0.15, 0.2) is 0 Å². The fraction of sp³-hybridized carbons (Fsp3) is 0.0909. The highest BCUT2D eigenvalue weighted by molar-refractivity contribution is 5.28. The number of benzene rings is 1. The number of rotatable bonds is 0. The number of phenolic OH excluding ortho intramolecular Hbond substituents is 2. The third kappa shape index (κ3) is 4.21. The first-order chi connectivity index (χ1) is 6.79. The summed E-state index contributed by atoms with van der Waals surface area (Å²) in [7, 11) is 0. The Hall–Kier alpha value is -1.90. The van der Waals surface area contributed by atoms with Crippen molar-refractivity contribution in [3.8, 4) is 11.5 Å². The number of phenols is 2. The van der Waals surface area contributed by atoms with Gasteiger partial charge in [-0.25, -0.2) is 0 Å². The van der Waals surface area contributed by atoms with Crippen molar-refractivity contribution in [1.29, 1.82) is 0 Å². The molecule has 2 N–H and O–H groups in total. The molecule has 3 nitrogen and oxygen atoms in total. The SMILES string of the molecule is C1=CCOC=C1.Oc1ccc(O)cc1. The molecule has 14 heavy (non-hydrogen) atoms. The van der Waals surface area contributed by atoms with Gasteiger partial charge in [-0.05, 0) is 36.4 Å². The number of hydrogen-bond donors (Lipinski definition) is 2. The molecule has 0 saturated heterocycles. The second kappa shape index (κ2) is 5.70. The number of aromatic hydroxyl groups is 2. The summed E-state index contributed by atoms with van der Waals surface area (Å²) in [4.78, 5) is 0. The summed E-state index contributed by atoms with van der Waals surface area (Å²) in [5.74, 6) is 0.339. The molecule has 1 aliphatic rings. The molecule has 0 unspecified atom stereocenters. The predicted octanol–water partition coefficient (Wildman–Crippen LogP) is 2.18. The van der Waals surface area contributed by atoms with Gasteiger partial charge in [-0.2, -0.15) is 0 Å². The van der Waals surface area contributed by atoms with E-state index < -0.39 is 0 Å². The van der Waals surface area contributed by atoms with Crippen molar-refractivity contribution in [3.63, 3.8) is 0 Å². The molecule has 0 bridgehead atoms. The van der Waals surface area contributed by atoms with E-state index in [4.69, 9.17) is 14.9 Å². The second-order valence-corrected chi connectivity index (χ2v) is 2.61. The second-order valence-electron chi connectivity index (χ2n) is 2.61. The molecule has 1 heterocycles. The summed E-state index contributed by atoms with van der Waals surface area (Å²) in [5, 5.41) is 17.3. The Kier molecular flexibility index (Phi) is 4.14. The Balaban J connectivity index is 0.000000146. The van der Waals surface area contributed by atoms with E-state index in [9.17, 15) is 0 Å². The van der Waals surface area contributed by atoms with Gasteiger partial charge >= 0.3 is 0 Å². The molecule has 0 aromatic heterocycles. The number of allylic oxidation sites excluding steroid dienone is 2. The van der Waals surface area contributed by atoms with Gasteiger partial charge in [-0.15, -0.1) is 0 Å². The Bertz CT molecular complexity index is 279. The first kappa shape index (κ1) is 10.2. The zero-order chi connectivity index (χ0) is 10.2. The van der Waals surface area contributed by atoms with Gasteiger partial charge in [-0.1, -0.05) is 6.08 Å². The minimum absolute atomic E-state index is 0.169. The molecule has 1 aliphatic heterocycles. The lowest BCUT2D eigenvalue weighted by Gasteiger charge is -1.94. The Labute approximate surface area is 82.6 Å². The van der Waals surface area contributed by atoms with Crippen LogP contribution in [0.15, 0.2) is 48.8 Å². The number of hydrogen-bond acceptors (Lipinski definition) is 3. The maximum absolute atomic E-state index is 8.65. The lowest BCUT2D eigenvalue weighted by atomic mass is 10.3. The van der Waals surface area contributed by atoms with E-state index >= 15 is 0 Å². The largest absolute Gasteiger partial charge is 0.508 e. The van der Waals surface area contributed by atoms with Crippen LogP contribution >= 0.6 is 0 Å². The highest BCUT2D eigenvalue weighted by atomic mass is 16.5. The third-order valence-corrected chi connectivity index (χ3v) is 1.46. The molecule has 0 amide bonds. The average molecular weight is 192 g/mol. The van der Waals surface area contributed by atoms with Crippen LogP contribution in [0.4, 0.5) is 0 Å². The summed E-state index contributed by atoms with van der Waals surface area (Å²) in [6.45, 7) is 0.733. The Morgan fingerprint density at radius 1 is 0.929 bits per heavy atom. The van der Waals surface area contributed by atoms with Gasteiger partial charge in [0.2, 0.25) is 0 Å². The molecular weight excluding hydrogens is 180 g/mol.